The van der Waals surface area contributed by atoms with Crippen molar-refractivity contribution in [2.45, 2.75) is 72.1 Å². The lowest BCUT2D eigenvalue weighted by atomic mass is 9.68. The molecule has 1 aromatic rings. The van der Waals surface area contributed by atoms with Crippen LogP contribution in [0.5, 0.6) is 0 Å². The van der Waals surface area contributed by atoms with Gasteiger partial charge in [0.25, 0.3) is 0 Å². The van der Waals surface area contributed by atoms with Gasteiger partial charge >= 0.3 is 0 Å². The maximum absolute atomic E-state index is 4.01. The van der Waals surface area contributed by atoms with E-state index in [1.807, 2.05) is 0 Å². The lowest BCUT2D eigenvalue weighted by molar-refractivity contribution is 0.234. The summed E-state index contributed by atoms with van der Waals surface area (Å²) in [5.41, 5.74) is 5.01. The number of allylic oxidation sites excluding steroid dienone is 4. The van der Waals surface area contributed by atoms with E-state index in [4.69, 9.17) is 0 Å². The molecular weight excluding hydrogens is 300 g/mol. The quantitative estimate of drug-likeness (QED) is 0.507. The molecule has 25 heavy (non-hydrogen) atoms. The van der Waals surface area contributed by atoms with E-state index in [9.17, 15) is 0 Å². The summed E-state index contributed by atoms with van der Waals surface area (Å²) in [6.45, 7) is 9.39. The van der Waals surface area contributed by atoms with Crippen LogP contribution >= 0.6 is 0 Å². The SMILES string of the molecule is CCCc1cccc(C2[C]C3C=CC=CC3(C)C2CCC)c1CCC. The number of hydrogen-bond donors (Lipinski definition) is 0. The number of aryl methyl sites for hydroxylation is 1. The van der Waals surface area contributed by atoms with Gasteiger partial charge in [-0.1, -0.05) is 89.5 Å². The van der Waals surface area contributed by atoms with Crippen LogP contribution in [-0.2, 0) is 12.8 Å². The highest BCUT2D eigenvalue weighted by Gasteiger charge is 2.50. The van der Waals surface area contributed by atoms with Gasteiger partial charge in [-0.15, -0.1) is 0 Å². The predicted octanol–water partition coefficient (Wildman–Crippen LogP) is 6.93. The van der Waals surface area contributed by atoms with Crippen molar-refractivity contribution in [2.24, 2.45) is 17.3 Å². The van der Waals surface area contributed by atoms with Crippen molar-refractivity contribution < 1.29 is 0 Å². The molecule has 2 aliphatic carbocycles. The molecule has 0 spiro atoms. The van der Waals surface area contributed by atoms with Gasteiger partial charge in [0.05, 0.1) is 0 Å². The molecule has 2 radical (unpaired) electrons. The smallest absolute Gasteiger partial charge is 0.000579 e. The molecule has 0 bridgehead atoms. The largest absolute Gasteiger partial charge is 0.0799 e. The van der Waals surface area contributed by atoms with Crippen molar-refractivity contribution in [3.05, 3.63) is 65.6 Å². The number of rotatable bonds is 7. The van der Waals surface area contributed by atoms with Gasteiger partial charge in [0.2, 0.25) is 0 Å². The van der Waals surface area contributed by atoms with E-state index in [1.54, 1.807) is 16.7 Å². The minimum Gasteiger partial charge on any atom is -0.0799 e. The van der Waals surface area contributed by atoms with Crippen molar-refractivity contribution in [2.75, 3.05) is 0 Å². The first kappa shape index (κ1) is 18.5. The molecule has 0 aromatic heterocycles. The summed E-state index contributed by atoms with van der Waals surface area (Å²) in [5.74, 6) is 1.60. The van der Waals surface area contributed by atoms with Crippen molar-refractivity contribution in [3.63, 3.8) is 0 Å². The molecule has 0 heteroatoms. The Hall–Kier alpha value is -1.30. The Balaban J connectivity index is 2.04. The third-order valence-electron chi connectivity index (χ3n) is 6.36. The lowest BCUT2D eigenvalue weighted by Gasteiger charge is -2.36. The van der Waals surface area contributed by atoms with Crippen LogP contribution in [0.15, 0.2) is 42.5 Å². The van der Waals surface area contributed by atoms with Crippen molar-refractivity contribution in [1.29, 1.82) is 0 Å². The minimum absolute atomic E-state index is 0.236. The molecule has 0 N–H and O–H groups in total. The number of benzene rings is 1. The molecule has 134 valence electrons. The predicted molar refractivity (Wildman–Crippen MR) is 109 cm³/mol. The Morgan fingerprint density at radius 1 is 1.00 bits per heavy atom. The normalized spacial score (nSPS) is 30.6. The highest BCUT2D eigenvalue weighted by Crippen LogP contribution is 2.58. The average molecular weight is 335 g/mol. The van der Waals surface area contributed by atoms with Crippen LogP contribution in [0.25, 0.3) is 0 Å². The van der Waals surface area contributed by atoms with E-state index in [2.05, 4.69) is 76.6 Å². The summed E-state index contributed by atoms with van der Waals surface area (Å²) in [4.78, 5) is 0. The van der Waals surface area contributed by atoms with Crippen LogP contribution in [0.1, 0.15) is 76.0 Å². The summed E-state index contributed by atoms with van der Waals surface area (Å²) in [6.07, 6.45) is 20.7. The van der Waals surface area contributed by atoms with Gasteiger partial charge in [-0.3, -0.25) is 0 Å². The molecule has 0 nitrogen and oxygen atoms in total. The molecule has 2 aliphatic rings. The Kier molecular flexibility index (Phi) is 5.87. The van der Waals surface area contributed by atoms with Gasteiger partial charge in [-0.05, 0) is 65.5 Å². The zero-order valence-electron chi connectivity index (χ0n) is 16.5. The minimum atomic E-state index is 0.236. The molecule has 0 heterocycles. The van der Waals surface area contributed by atoms with Crippen LogP contribution in [0, 0.1) is 23.7 Å². The summed E-state index contributed by atoms with van der Waals surface area (Å²) >= 11 is 0. The maximum atomic E-state index is 4.01. The molecule has 3 rings (SSSR count). The highest BCUT2D eigenvalue weighted by atomic mass is 14.5. The first-order valence-electron chi connectivity index (χ1n) is 10.4. The summed E-state index contributed by atoms with van der Waals surface area (Å²) in [7, 11) is 0. The molecule has 0 saturated heterocycles. The molecule has 1 aromatic carbocycles. The van der Waals surface area contributed by atoms with Crippen LogP contribution in [0.4, 0.5) is 0 Å². The first-order chi connectivity index (χ1) is 12.2. The van der Waals surface area contributed by atoms with Gasteiger partial charge in [-0.2, -0.15) is 0 Å². The summed E-state index contributed by atoms with van der Waals surface area (Å²) in [5, 5.41) is 0. The summed E-state index contributed by atoms with van der Waals surface area (Å²) < 4.78 is 0. The zero-order chi connectivity index (χ0) is 17.9. The van der Waals surface area contributed by atoms with E-state index < -0.39 is 0 Å². The van der Waals surface area contributed by atoms with Gasteiger partial charge in [0.15, 0.2) is 0 Å². The van der Waals surface area contributed by atoms with E-state index in [0.717, 1.165) is 0 Å². The third kappa shape index (κ3) is 3.37. The van der Waals surface area contributed by atoms with E-state index >= 15 is 0 Å². The summed E-state index contributed by atoms with van der Waals surface area (Å²) in [6, 6.07) is 7.05. The monoisotopic (exact) mass is 334 g/mol. The Morgan fingerprint density at radius 3 is 2.52 bits per heavy atom. The Labute approximate surface area is 155 Å². The van der Waals surface area contributed by atoms with Gasteiger partial charge < -0.3 is 0 Å². The molecule has 1 saturated carbocycles. The van der Waals surface area contributed by atoms with Crippen LogP contribution in [0.2, 0.25) is 0 Å². The van der Waals surface area contributed by atoms with Crippen LogP contribution in [-0.4, -0.2) is 0 Å². The van der Waals surface area contributed by atoms with Gasteiger partial charge in [0, 0.05) is 0 Å². The zero-order valence-corrected chi connectivity index (χ0v) is 16.5. The lowest BCUT2D eigenvalue weighted by Crippen LogP contribution is -2.28. The number of hydrogen-bond acceptors (Lipinski definition) is 0. The third-order valence-corrected chi connectivity index (χ3v) is 6.36. The second-order valence-corrected chi connectivity index (χ2v) is 8.11. The first-order valence-corrected chi connectivity index (χ1v) is 10.4. The fourth-order valence-corrected chi connectivity index (χ4v) is 5.11. The molecule has 0 amide bonds. The molecule has 1 fully saturated rings. The highest BCUT2D eigenvalue weighted by molar-refractivity contribution is 5.43. The van der Waals surface area contributed by atoms with Gasteiger partial charge in [-0.25, -0.2) is 0 Å². The molecule has 4 unspecified atom stereocenters. The van der Waals surface area contributed by atoms with E-state index in [-0.39, 0.29) is 5.41 Å². The fraction of sp³-hybridized carbons (Fsp3) is 0.560. The van der Waals surface area contributed by atoms with Crippen molar-refractivity contribution >= 4 is 0 Å². The Morgan fingerprint density at radius 2 is 1.80 bits per heavy atom. The topological polar surface area (TPSA) is 0 Å². The average Bonchev–Trinajstić information content (AvgIpc) is 2.90. The molecule has 4 atom stereocenters. The van der Waals surface area contributed by atoms with Gasteiger partial charge in [0.1, 0.15) is 0 Å². The fourth-order valence-electron chi connectivity index (χ4n) is 5.11. The van der Waals surface area contributed by atoms with E-state index in [1.165, 1.54) is 38.5 Å². The second-order valence-electron chi connectivity index (χ2n) is 8.11. The maximum Gasteiger partial charge on any atom is -0.000579 e. The standard InChI is InChI=1S/C25H34/c1-5-11-19-14-10-16-22(21(19)12-6-2)23-18-20-15-8-9-17-25(20,4)24(23)13-7-3/h8-10,14-17,20,23-24H,5-7,11-13H2,1-4H3. The van der Waals surface area contributed by atoms with E-state index in [0.29, 0.717) is 17.8 Å². The number of fused-ring (bicyclic) bond motifs is 1. The molecular formula is C25H34. The van der Waals surface area contributed by atoms with Crippen molar-refractivity contribution in [1.82, 2.24) is 0 Å². The van der Waals surface area contributed by atoms with Crippen LogP contribution < -0.4 is 0 Å². The van der Waals surface area contributed by atoms with Crippen molar-refractivity contribution in [3.8, 4) is 0 Å². The molecule has 0 aliphatic heterocycles. The Bertz CT molecular complexity index is 635. The van der Waals surface area contributed by atoms with Crippen LogP contribution in [0.3, 0.4) is 0 Å². The second kappa shape index (κ2) is 7.94.